The van der Waals surface area contributed by atoms with Crippen molar-refractivity contribution in [2.45, 2.75) is 31.2 Å². The number of nitrogens with one attached hydrogen (secondary N) is 1. The van der Waals surface area contributed by atoms with Crippen molar-refractivity contribution < 1.29 is 9.26 Å². The molecule has 1 saturated carbocycles. The zero-order valence-electron chi connectivity index (χ0n) is 19.5. The van der Waals surface area contributed by atoms with Gasteiger partial charge in [-0.3, -0.25) is 4.90 Å². The average molecular weight is 483 g/mol. The standard InChI is InChI=1S/C25H31ClN6O2/c1-33-21-4-2-11-28-23(21)32-16-14-31(15-17-32)13-12-27-18-22-29-24(30-34-22)25(9-3-10-25)19-5-7-20(26)8-6-19/h2,4-8,11,27H,3,9-10,12-18H2,1H3. The summed E-state index contributed by atoms with van der Waals surface area (Å²) in [5.41, 5.74) is 1.08. The Morgan fingerprint density at radius 2 is 1.91 bits per heavy atom. The lowest BCUT2D eigenvalue weighted by Gasteiger charge is -2.39. The molecule has 2 aliphatic rings. The summed E-state index contributed by atoms with van der Waals surface area (Å²) in [5.74, 6) is 3.19. The molecule has 9 heteroatoms. The molecule has 180 valence electrons. The summed E-state index contributed by atoms with van der Waals surface area (Å²) in [5, 5.41) is 8.54. The first-order chi connectivity index (χ1) is 16.7. The summed E-state index contributed by atoms with van der Waals surface area (Å²) in [6.07, 6.45) is 5.07. The molecule has 2 aromatic heterocycles. The highest BCUT2D eigenvalue weighted by Crippen LogP contribution is 2.47. The lowest BCUT2D eigenvalue weighted by molar-refractivity contribution is 0.253. The molecule has 8 nitrogen and oxygen atoms in total. The van der Waals surface area contributed by atoms with Crippen LogP contribution >= 0.6 is 11.6 Å². The van der Waals surface area contributed by atoms with Gasteiger partial charge in [-0.1, -0.05) is 35.3 Å². The predicted octanol–water partition coefficient (Wildman–Crippen LogP) is 3.51. The van der Waals surface area contributed by atoms with Crippen LogP contribution in [-0.2, 0) is 12.0 Å². The minimum atomic E-state index is -0.137. The molecule has 1 aromatic carbocycles. The molecular formula is C25H31ClN6O2. The first-order valence-electron chi connectivity index (χ1n) is 11.9. The number of nitrogens with zero attached hydrogens (tertiary/aromatic N) is 5. The Balaban J connectivity index is 1.08. The minimum Gasteiger partial charge on any atom is -0.493 e. The van der Waals surface area contributed by atoms with E-state index in [1.54, 1.807) is 7.11 Å². The molecule has 3 aromatic rings. The molecule has 34 heavy (non-hydrogen) atoms. The summed E-state index contributed by atoms with van der Waals surface area (Å²) in [6.45, 7) is 6.29. The quantitative estimate of drug-likeness (QED) is 0.464. The highest BCUT2D eigenvalue weighted by atomic mass is 35.5. The van der Waals surface area contributed by atoms with E-state index in [0.717, 1.165) is 74.5 Å². The van der Waals surface area contributed by atoms with E-state index < -0.39 is 0 Å². The van der Waals surface area contributed by atoms with Crippen LogP contribution in [0, 0.1) is 0 Å². The second-order valence-corrected chi connectivity index (χ2v) is 9.43. The number of hydrogen-bond acceptors (Lipinski definition) is 8. The zero-order chi connectivity index (χ0) is 23.4. The van der Waals surface area contributed by atoms with Crippen molar-refractivity contribution in [1.82, 2.24) is 25.3 Å². The third-order valence-corrected chi connectivity index (χ3v) is 7.28. The summed E-state index contributed by atoms with van der Waals surface area (Å²) >= 11 is 6.08. The number of hydrogen-bond donors (Lipinski definition) is 1. The van der Waals surface area contributed by atoms with Gasteiger partial charge in [0.1, 0.15) is 0 Å². The molecule has 1 aliphatic heterocycles. The molecule has 5 rings (SSSR count). The monoisotopic (exact) mass is 482 g/mol. The van der Waals surface area contributed by atoms with Gasteiger partial charge in [-0.2, -0.15) is 4.98 Å². The van der Waals surface area contributed by atoms with E-state index in [9.17, 15) is 0 Å². The molecule has 0 amide bonds. The highest BCUT2D eigenvalue weighted by Gasteiger charge is 2.44. The van der Waals surface area contributed by atoms with Crippen molar-refractivity contribution >= 4 is 17.4 Å². The Bertz CT molecular complexity index is 1080. The van der Waals surface area contributed by atoms with E-state index in [1.807, 2.05) is 30.5 Å². The van der Waals surface area contributed by atoms with Crippen LogP contribution in [0.3, 0.4) is 0 Å². The van der Waals surface area contributed by atoms with E-state index >= 15 is 0 Å². The summed E-state index contributed by atoms with van der Waals surface area (Å²) < 4.78 is 11.0. The van der Waals surface area contributed by atoms with Crippen LogP contribution in [-0.4, -0.2) is 66.4 Å². The third kappa shape index (κ3) is 4.76. The molecule has 0 bridgehead atoms. The topological polar surface area (TPSA) is 79.5 Å². The Hall–Kier alpha value is -2.68. The Kier molecular flexibility index (Phi) is 6.99. The van der Waals surface area contributed by atoms with Crippen molar-refractivity contribution in [2.24, 2.45) is 0 Å². The zero-order valence-corrected chi connectivity index (χ0v) is 20.3. The Morgan fingerprint density at radius 1 is 1.12 bits per heavy atom. The maximum atomic E-state index is 6.08. The second kappa shape index (κ2) is 10.3. The molecular weight excluding hydrogens is 452 g/mol. The largest absolute Gasteiger partial charge is 0.493 e. The van der Waals surface area contributed by atoms with Crippen molar-refractivity contribution in [1.29, 1.82) is 0 Å². The first kappa shape index (κ1) is 23.1. The van der Waals surface area contributed by atoms with E-state index in [1.165, 1.54) is 12.0 Å². The smallest absolute Gasteiger partial charge is 0.240 e. The molecule has 0 spiro atoms. The number of methoxy groups -OCH3 is 1. The van der Waals surface area contributed by atoms with Crippen molar-refractivity contribution in [2.75, 3.05) is 51.3 Å². The molecule has 0 atom stereocenters. The van der Waals surface area contributed by atoms with Crippen LogP contribution in [0.2, 0.25) is 5.02 Å². The van der Waals surface area contributed by atoms with Crippen molar-refractivity contribution in [3.8, 4) is 5.75 Å². The van der Waals surface area contributed by atoms with Crippen LogP contribution < -0.4 is 15.0 Å². The summed E-state index contributed by atoms with van der Waals surface area (Å²) in [4.78, 5) is 14.0. The van der Waals surface area contributed by atoms with E-state index in [0.29, 0.717) is 12.4 Å². The van der Waals surface area contributed by atoms with Gasteiger partial charge in [0.2, 0.25) is 5.89 Å². The fourth-order valence-electron chi connectivity index (χ4n) is 4.86. The Labute approximate surface area is 205 Å². The van der Waals surface area contributed by atoms with Crippen LogP contribution in [0.4, 0.5) is 5.82 Å². The Morgan fingerprint density at radius 3 is 2.62 bits per heavy atom. The number of ether oxygens (including phenoxy) is 1. The predicted molar refractivity (Wildman–Crippen MR) is 132 cm³/mol. The van der Waals surface area contributed by atoms with Gasteiger partial charge in [0.05, 0.1) is 19.1 Å². The molecule has 1 aliphatic carbocycles. The van der Waals surface area contributed by atoms with Crippen LogP contribution in [0.25, 0.3) is 0 Å². The molecule has 3 heterocycles. The number of rotatable bonds is 9. The van der Waals surface area contributed by atoms with Crippen molar-refractivity contribution in [3.05, 3.63) is 64.9 Å². The number of halogens is 1. The van der Waals surface area contributed by atoms with Gasteiger partial charge in [-0.15, -0.1) is 0 Å². The van der Waals surface area contributed by atoms with Gasteiger partial charge < -0.3 is 19.5 Å². The lowest BCUT2D eigenvalue weighted by atomic mass is 9.64. The number of benzene rings is 1. The maximum absolute atomic E-state index is 6.08. The van der Waals surface area contributed by atoms with Gasteiger partial charge in [0.25, 0.3) is 0 Å². The molecule has 1 N–H and O–H groups in total. The average Bonchev–Trinajstić information content (AvgIpc) is 3.31. The van der Waals surface area contributed by atoms with Gasteiger partial charge in [-0.05, 0) is 42.7 Å². The van der Waals surface area contributed by atoms with E-state index in [2.05, 4.69) is 37.4 Å². The van der Waals surface area contributed by atoms with E-state index in [-0.39, 0.29) is 5.41 Å². The first-order valence-corrected chi connectivity index (χ1v) is 12.3. The molecule has 0 radical (unpaired) electrons. The fraction of sp³-hybridized carbons (Fsp3) is 0.480. The van der Waals surface area contributed by atoms with Gasteiger partial charge >= 0.3 is 0 Å². The number of anilines is 1. The van der Waals surface area contributed by atoms with E-state index in [4.69, 9.17) is 25.8 Å². The van der Waals surface area contributed by atoms with Crippen LogP contribution in [0.5, 0.6) is 5.75 Å². The van der Waals surface area contributed by atoms with Crippen molar-refractivity contribution in [3.63, 3.8) is 0 Å². The molecule has 2 fully saturated rings. The minimum absolute atomic E-state index is 0.137. The maximum Gasteiger partial charge on any atom is 0.240 e. The summed E-state index contributed by atoms with van der Waals surface area (Å²) in [6, 6.07) is 11.9. The lowest BCUT2D eigenvalue weighted by Crippen LogP contribution is -2.48. The number of aromatic nitrogens is 3. The normalized spacial score (nSPS) is 18.0. The summed E-state index contributed by atoms with van der Waals surface area (Å²) in [7, 11) is 1.69. The highest BCUT2D eigenvalue weighted by molar-refractivity contribution is 6.30. The van der Waals surface area contributed by atoms with Gasteiger partial charge in [-0.25, -0.2) is 4.98 Å². The van der Waals surface area contributed by atoms with Gasteiger partial charge in [0, 0.05) is 50.5 Å². The van der Waals surface area contributed by atoms with Crippen LogP contribution in [0.1, 0.15) is 36.5 Å². The van der Waals surface area contributed by atoms with Crippen LogP contribution in [0.15, 0.2) is 47.1 Å². The SMILES string of the molecule is COc1cccnc1N1CCN(CCNCc2nc(C3(c4ccc(Cl)cc4)CCC3)no2)CC1. The molecule has 0 unspecified atom stereocenters. The fourth-order valence-corrected chi connectivity index (χ4v) is 4.98. The number of piperazine rings is 1. The number of pyridine rings is 1. The third-order valence-electron chi connectivity index (χ3n) is 7.02. The van der Waals surface area contributed by atoms with Gasteiger partial charge in [0.15, 0.2) is 17.4 Å². The second-order valence-electron chi connectivity index (χ2n) is 8.99. The molecule has 1 saturated heterocycles.